The Bertz CT molecular complexity index is 512. The number of amides is 1. The number of ether oxygens (including phenoxy) is 1. The molecule has 1 aliphatic rings. The zero-order chi connectivity index (χ0) is 14.0. The molecule has 1 atom stereocenters. The Balaban J connectivity index is 2.09. The van der Waals surface area contributed by atoms with E-state index in [-0.39, 0.29) is 12.5 Å². The van der Waals surface area contributed by atoms with Crippen molar-refractivity contribution in [3.63, 3.8) is 0 Å². The summed E-state index contributed by atoms with van der Waals surface area (Å²) in [6, 6.07) is 5.34. The number of fused-ring (bicyclic) bond motifs is 1. The maximum atomic E-state index is 12.2. The third-order valence-corrected chi connectivity index (χ3v) is 3.25. The summed E-state index contributed by atoms with van der Waals surface area (Å²) in [6.07, 6.45) is 0.811. The van der Waals surface area contributed by atoms with E-state index in [9.17, 15) is 9.59 Å². The molecular formula is C14H17NO4. The van der Waals surface area contributed by atoms with Gasteiger partial charge in [0.25, 0.3) is 5.91 Å². The average Bonchev–Trinajstić information content (AvgIpc) is 2.84. The first-order valence-corrected chi connectivity index (χ1v) is 6.23. The number of carboxylic acid groups (broad SMARTS) is 1. The predicted octanol–water partition coefficient (Wildman–Crippen LogP) is 1.41. The molecule has 5 heteroatoms. The first-order chi connectivity index (χ1) is 8.99. The predicted molar refractivity (Wildman–Crippen MR) is 69.4 cm³/mol. The summed E-state index contributed by atoms with van der Waals surface area (Å²) < 4.78 is 5.39. The zero-order valence-corrected chi connectivity index (χ0v) is 11.0. The fourth-order valence-corrected chi connectivity index (χ4v) is 2.11. The highest BCUT2D eigenvalue weighted by Gasteiger charge is 2.20. The molecule has 0 aromatic heterocycles. The van der Waals surface area contributed by atoms with Crippen molar-refractivity contribution in [2.75, 3.05) is 20.2 Å². The first-order valence-electron chi connectivity index (χ1n) is 6.23. The summed E-state index contributed by atoms with van der Waals surface area (Å²) in [5.41, 5.74) is 1.61. The normalized spacial score (nSPS) is 14.4. The van der Waals surface area contributed by atoms with Crippen molar-refractivity contribution in [2.45, 2.75) is 13.3 Å². The van der Waals surface area contributed by atoms with Gasteiger partial charge in [-0.15, -0.1) is 0 Å². The average molecular weight is 263 g/mol. The van der Waals surface area contributed by atoms with Crippen LogP contribution in [0.15, 0.2) is 18.2 Å². The fraction of sp³-hybridized carbons (Fsp3) is 0.429. The minimum Gasteiger partial charge on any atom is -0.493 e. The second-order valence-corrected chi connectivity index (χ2v) is 4.85. The van der Waals surface area contributed by atoms with Crippen LogP contribution in [0.2, 0.25) is 0 Å². The standard InChI is InChI=1S/C14H17NO4/c1-9(14(17)18)8-15(2)13(16)11-3-4-12-10(7-11)5-6-19-12/h3-4,7,9H,5-6,8H2,1-2H3,(H,17,18)/t9-/m0/s1. The van der Waals surface area contributed by atoms with Gasteiger partial charge in [0.2, 0.25) is 0 Å². The third kappa shape index (κ3) is 2.86. The quantitative estimate of drug-likeness (QED) is 0.892. The number of hydrogen-bond donors (Lipinski definition) is 1. The lowest BCUT2D eigenvalue weighted by molar-refractivity contribution is -0.141. The molecule has 1 amide bonds. The van der Waals surface area contributed by atoms with E-state index in [2.05, 4.69) is 0 Å². The summed E-state index contributed by atoms with van der Waals surface area (Å²) in [5.74, 6) is -0.811. The fourth-order valence-electron chi connectivity index (χ4n) is 2.11. The van der Waals surface area contributed by atoms with Gasteiger partial charge in [-0.25, -0.2) is 0 Å². The third-order valence-electron chi connectivity index (χ3n) is 3.25. The van der Waals surface area contributed by atoms with Crippen molar-refractivity contribution >= 4 is 11.9 Å². The van der Waals surface area contributed by atoms with Crippen LogP contribution in [0.3, 0.4) is 0 Å². The molecule has 0 radical (unpaired) electrons. The van der Waals surface area contributed by atoms with Crippen molar-refractivity contribution in [1.29, 1.82) is 0 Å². The molecule has 102 valence electrons. The molecular weight excluding hydrogens is 246 g/mol. The molecule has 0 aliphatic carbocycles. The minimum absolute atomic E-state index is 0.164. The smallest absolute Gasteiger partial charge is 0.308 e. The zero-order valence-electron chi connectivity index (χ0n) is 11.0. The van der Waals surface area contributed by atoms with Crippen molar-refractivity contribution in [3.8, 4) is 5.75 Å². The van der Waals surface area contributed by atoms with Gasteiger partial charge in [-0.05, 0) is 23.8 Å². The van der Waals surface area contributed by atoms with Crippen LogP contribution in [0.5, 0.6) is 5.75 Å². The molecule has 1 aromatic carbocycles. The molecule has 1 N–H and O–H groups in total. The SMILES string of the molecule is C[C@@H](CN(C)C(=O)c1ccc2c(c1)CCO2)C(=O)O. The van der Waals surface area contributed by atoms with Crippen LogP contribution in [-0.4, -0.2) is 42.1 Å². The Morgan fingerprint density at radius 3 is 2.89 bits per heavy atom. The van der Waals surface area contributed by atoms with Crippen molar-refractivity contribution in [3.05, 3.63) is 29.3 Å². The van der Waals surface area contributed by atoms with Crippen LogP contribution >= 0.6 is 0 Å². The van der Waals surface area contributed by atoms with Gasteiger partial charge in [0.1, 0.15) is 5.75 Å². The van der Waals surface area contributed by atoms with E-state index in [1.807, 2.05) is 6.07 Å². The summed E-state index contributed by atoms with van der Waals surface area (Å²) in [6.45, 7) is 2.43. The molecule has 0 unspecified atom stereocenters. The topological polar surface area (TPSA) is 66.8 Å². The van der Waals surface area contributed by atoms with Crippen LogP contribution in [-0.2, 0) is 11.2 Å². The summed E-state index contributed by atoms with van der Waals surface area (Å²) in [7, 11) is 1.62. The van der Waals surface area contributed by atoms with Gasteiger partial charge in [-0.2, -0.15) is 0 Å². The lowest BCUT2D eigenvalue weighted by Gasteiger charge is -2.19. The molecule has 1 aromatic rings. The highest BCUT2D eigenvalue weighted by Crippen LogP contribution is 2.26. The van der Waals surface area contributed by atoms with E-state index < -0.39 is 11.9 Å². The second kappa shape index (κ2) is 5.30. The number of nitrogens with zero attached hydrogens (tertiary/aromatic N) is 1. The Kier molecular flexibility index (Phi) is 3.74. The van der Waals surface area contributed by atoms with Crippen LogP contribution in [0, 0.1) is 5.92 Å². The van der Waals surface area contributed by atoms with Gasteiger partial charge < -0.3 is 14.7 Å². The molecule has 2 rings (SSSR count). The Labute approximate surface area is 111 Å². The number of carboxylic acids is 1. The van der Waals surface area contributed by atoms with Gasteiger partial charge in [0.05, 0.1) is 12.5 Å². The molecule has 0 bridgehead atoms. The first kappa shape index (κ1) is 13.4. The molecule has 0 saturated heterocycles. The van der Waals surface area contributed by atoms with Gasteiger partial charge in [0.15, 0.2) is 0 Å². The van der Waals surface area contributed by atoms with Crippen molar-refractivity contribution in [2.24, 2.45) is 5.92 Å². The van der Waals surface area contributed by atoms with Gasteiger partial charge in [-0.1, -0.05) is 6.92 Å². The molecule has 0 spiro atoms. The van der Waals surface area contributed by atoms with E-state index in [4.69, 9.17) is 9.84 Å². The van der Waals surface area contributed by atoms with Crippen LogP contribution < -0.4 is 4.74 Å². The van der Waals surface area contributed by atoms with Gasteiger partial charge in [-0.3, -0.25) is 9.59 Å². The van der Waals surface area contributed by atoms with Crippen LogP contribution in [0.1, 0.15) is 22.8 Å². The van der Waals surface area contributed by atoms with Crippen LogP contribution in [0.4, 0.5) is 0 Å². The van der Waals surface area contributed by atoms with E-state index in [1.54, 1.807) is 26.1 Å². The summed E-state index contributed by atoms with van der Waals surface area (Å²) in [4.78, 5) is 24.4. The highest BCUT2D eigenvalue weighted by molar-refractivity contribution is 5.94. The summed E-state index contributed by atoms with van der Waals surface area (Å²) >= 11 is 0. The van der Waals surface area contributed by atoms with E-state index in [0.717, 1.165) is 17.7 Å². The summed E-state index contributed by atoms with van der Waals surface area (Å²) in [5, 5.41) is 8.86. The maximum Gasteiger partial charge on any atom is 0.308 e. The number of carbonyl (C=O) groups is 2. The van der Waals surface area contributed by atoms with Crippen LogP contribution in [0.25, 0.3) is 0 Å². The Morgan fingerprint density at radius 2 is 2.21 bits per heavy atom. The van der Waals surface area contributed by atoms with Crippen molar-refractivity contribution in [1.82, 2.24) is 4.90 Å². The second-order valence-electron chi connectivity index (χ2n) is 4.85. The largest absolute Gasteiger partial charge is 0.493 e. The number of hydrogen-bond acceptors (Lipinski definition) is 3. The van der Waals surface area contributed by atoms with E-state index >= 15 is 0 Å². The maximum absolute atomic E-state index is 12.2. The van der Waals surface area contributed by atoms with E-state index in [0.29, 0.717) is 12.2 Å². The molecule has 19 heavy (non-hydrogen) atoms. The lowest BCUT2D eigenvalue weighted by atomic mass is 10.1. The molecule has 0 fully saturated rings. The highest BCUT2D eigenvalue weighted by atomic mass is 16.5. The number of aliphatic carboxylic acids is 1. The van der Waals surface area contributed by atoms with Gasteiger partial charge >= 0.3 is 5.97 Å². The molecule has 0 saturated carbocycles. The molecule has 5 nitrogen and oxygen atoms in total. The number of benzene rings is 1. The Morgan fingerprint density at radius 1 is 1.47 bits per heavy atom. The molecule has 1 aliphatic heterocycles. The monoisotopic (exact) mass is 263 g/mol. The van der Waals surface area contributed by atoms with E-state index in [1.165, 1.54) is 4.90 Å². The minimum atomic E-state index is -0.901. The van der Waals surface area contributed by atoms with Gasteiger partial charge in [0, 0.05) is 25.6 Å². The molecule has 1 heterocycles. The number of carbonyl (C=O) groups excluding carboxylic acids is 1. The van der Waals surface area contributed by atoms with Crippen molar-refractivity contribution < 1.29 is 19.4 Å². The lowest BCUT2D eigenvalue weighted by Crippen LogP contribution is -2.33. The Hall–Kier alpha value is -2.04. The number of rotatable bonds is 4.